The minimum atomic E-state index is -0.540. The Bertz CT molecular complexity index is 2040. The molecule has 0 atom stereocenters. The van der Waals surface area contributed by atoms with Crippen LogP contribution < -0.4 is 14.8 Å². The fourth-order valence-corrected chi connectivity index (χ4v) is 5.64. The quantitative estimate of drug-likeness (QED) is 0.0943. The normalized spacial score (nSPS) is 10.8. The Morgan fingerprint density at radius 3 is 2.32 bits per heavy atom. The van der Waals surface area contributed by atoms with Crippen LogP contribution in [0, 0.1) is 25.2 Å². The van der Waals surface area contributed by atoms with E-state index in [0.29, 0.717) is 34.6 Å². The summed E-state index contributed by atoms with van der Waals surface area (Å²) in [7, 11) is 3.02. The molecule has 2 aromatic heterocycles. The van der Waals surface area contributed by atoms with Crippen LogP contribution in [0.5, 0.6) is 11.5 Å². The number of nitrogens with one attached hydrogen (secondary N) is 1. The Morgan fingerprint density at radius 2 is 1.62 bits per heavy atom. The predicted molar refractivity (Wildman–Crippen MR) is 189 cm³/mol. The van der Waals surface area contributed by atoms with E-state index in [1.54, 1.807) is 30.6 Å². The van der Waals surface area contributed by atoms with Gasteiger partial charge in [0.2, 0.25) is 0 Å². The molecule has 254 valence electrons. The number of amides is 1. The van der Waals surface area contributed by atoms with Crippen LogP contribution in [0.25, 0.3) is 22.3 Å². The van der Waals surface area contributed by atoms with Crippen molar-refractivity contribution in [3.05, 3.63) is 129 Å². The van der Waals surface area contributed by atoms with Gasteiger partial charge < -0.3 is 24.3 Å². The van der Waals surface area contributed by atoms with Crippen molar-refractivity contribution >= 4 is 23.8 Å². The fourth-order valence-electron chi connectivity index (χ4n) is 5.41. The van der Waals surface area contributed by atoms with Gasteiger partial charge in [-0.05, 0) is 65.4 Å². The summed E-state index contributed by atoms with van der Waals surface area (Å²) in [4.78, 5) is 32.8. The first-order valence-corrected chi connectivity index (χ1v) is 16.0. The number of aldehydes is 1. The largest absolute Gasteiger partial charge is 0.488 e. The molecular formula is C39H35ClN4O6. The highest BCUT2D eigenvalue weighted by atomic mass is 35.5. The van der Waals surface area contributed by atoms with E-state index in [2.05, 4.69) is 40.4 Å². The molecular weight excluding hydrogens is 656 g/mol. The SMILES string of the molecule is COC(CNC(=O)c1ccc(-c2cccc(-c3cccc(COc4cc(OCc5cncc(C#N)c5)c(C=O)cc4Cl)c3C)c2C)cn1)OC. The number of hydrogen-bond acceptors (Lipinski definition) is 9. The summed E-state index contributed by atoms with van der Waals surface area (Å²) in [5.74, 6) is 0.343. The number of carbonyl (C=O) groups excluding carboxylic acids is 2. The number of nitriles is 1. The second kappa shape index (κ2) is 16.7. The third-order valence-electron chi connectivity index (χ3n) is 8.22. The molecule has 1 amide bonds. The molecule has 0 unspecified atom stereocenters. The fraction of sp³-hybridized carbons (Fsp3) is 0.205. The van der Waals surface area contributed by atoms with Gasteiger partial charge in [-0.25, -0.2) is 0 Å². The molecule has 0 aliphatic carbocycles. The van der Waals surface area contributed by atoms with E-state index >= 15 is 0 Å². The lowest BCUT2D eigenvalue weighted by molar-refractivity contribution is -0.0974. The molecule has 11 heteroatoms. The summed E-state index contributed by atoms with van der Waals surface area (Å²) in [6.45, 7) is 4.62. The third-order valence-corrected chi connectivity index (χ3v) is 8.52. The summed E-state index contributed by atoms with van der Waals surface area (Å²) in [6, 6.07) is 22.5. The maximum Gasteiger partial charge on any atom is 0.270 e. The minimum absolute atomic E-state index is 0.101. The molecule has 1 N–H and O–H groups in total. The van der Waals surface area contributed by atoms with Crippen LogP contribution in [0.1, 0.15) is 48.7 Å². The number of aromatic nitrogens is 2. The van der Waals surface area contributed by atoms with E-state index in [0.717, 1.165) is 38.9 Å². The van der Waals surface area contributed by atoms with Crippen molar-refractivity contribution in [2.75, 3.05) is 20.8 Å². The monoisotopic (exact) mass is 690 g/mol. The number of nitrogens with zero attached hydrogens (tertiary/aromatic N) is 3. The maximum atomic E-state index is 12.6. The molecule has 0 saturated carbocycles. The smallest absolute Gasteiger partial charge is 0.270 e. The van der Waals surface area contributed by atoms with E-state index < -0.39 is 6.29 Å². The maximum absolute atomic E-state index is 12.6. The van der Waals surface area contributed by atoms with Crippen LogP contribution in [0.15, 0.2) is 85.3 Å². The van der Waals surface area contributed by atoms with E-state index in [1.165, 1.54) is 26.5 Å². The topological polar surface area (TPSA) is 133 Å². The van der Waals surface area contributed by atoms with Crippen LogP contribution in [0.4, 0.5) is 0 Å². The number of ether oxygens (including phenoxy) is 4. The second-order valence-corrected chi connectivity index (χ2v) is 11.7. The molecule has 0 bridgehead atoms. The summed E-state index contributed by atoms with van der Waals surface area (Å²) in [5, 5.41) is 12.2. The molecule has 0 aliphatic rings. The second-order valence-electron chi connectivity index (χ2n) is 11.3. The molecule has 0 radical (unpaired) electrons. The average Bonchev–Trinajstić information content (AvgIpc) is 3.14. The number of carbonyl (C=O) groups is 2. The van der Waals surface area contributed by atoms with Gasteiger partial charge in [0.25, 0.3) is 5.91 Å². The van der Waals surface area contributed by atoms with Gasteiger partial charge in [-0.1, -0.05) is 54.1 Å². The van der Waals surface area contributed by atoms with Gasteiger partial charge in [-0.3, -0.25) is 19.6 Å². The van der Waals surface area contributed by atoms with Gasteiger partial charge in [0.05, 0.1) is 22.7 Å². The zero-order valence-corrected chi connectivity index (χ0v) is 28.8. The lowest BCUT2D eigenvalue weighted by Gasteiger charge is -2.17. The van der Waals surface area contributed by atoms with Gasteiger partial charge in [-0.2, -0.15) is 5.26 Å². The minimum Gasteiger partial charge on any atom is -0.488 e. The molecule has 5 aromatic rings. The van der Waals surface area contributed by atoms with Gasteiger partial charge in [0, 0.05) is 50.0 Å². The lowest BCUT2D eigenvalue weighted by atomic mass is 9.90. The summed E-state index contributed by atoms with van der Waals surface area (Å²) in [5.41, 5.74) is 8.66. The Morgan fingerprint density at radius 1 is 0.900 bits per heavy atom. The molecule has 0 saturated heterocycles. The van der Waals surface area contributed by atoms with Crippen LogP contribution >= 0.6 is 11.6 Å². The zero-order chi connectivity index (χ0) is 35.6. The Kier molecular flexibility index (Phi) is 11.9. The molecule has 0 spiro atoms. The molecule has 0 aliphatic heterocycles. The van der Waals surface area contributed by atoms with Gasteiger partial charge in [0.1, 0.15) is 36.5 Å². The third kappa shape index (κ3) is 8.33. The van der Waals surface area contributed by atoms with Crippen molar-refractivity contribution in [3.63, 3.8) is 0 Å². The highest BCUT2D eigenvalue weighted by Gasteiger charge is 2.16. The summed E-state index contributed by atoms with van der Waals surface area (Å²) < 4.78 is 22.3. The molecule has 3 aromatic carbocycles. The zero-order valence-electron chi connectivity index (χ0n) is 28.0. The Balaban J connectivity index is 1.33. The van der Waals surface area contributed by atoms with Crippen molar-refractivity contribution in [1.82, 2.24) is 15.3 Å². The van der Waals surface area contributed by atoms with Crippen molar-refractivity contribution < 1.29 is 28.5 Å². The average molecular weight is 691 g/mol. The van der Waals surface area contributed by atoms with E-state index in [1.807, 2.05) is 37.3 Å². The Hall–Kier alpha value is -5.60. The highest BCUT2D eigenvalue weighted by Crippen LogP contribution is 2.36. The summed E-state index contributed by atoms with van der Waals surface area (Å²) in [6.07, 6.45) is 4.88. The van der Waals surface area contributed by atoms with Crippen LogP contribution in [0.2, 0.25) is 5.02 Å². The number of benzene rings is 3. The van der Waals surface area contributed by atoms with Crippen molar-refractivity contribution in [3.8, 4) is 39.8 Å². The van der Waals surface area contributed by atoms with Gasteiger partial charge >= 0.3 is 0 Å². The Labute approximate surface area is 295 Å². The molecule has 2 heterocycles. The highest BCUT2D eigenvalue weighted by molar-refractivity contribution is 6.32. The predicted octanol–water partition coefficient (Wildman–Crippen LogP) is 7.27. The molecule has 5 rings (SSSR count). The van der Waals surface area contributed by atoms with Crippen molar-refractivity contribution in [2.45, 2.75) is 33.4 Å². The van der Waals surface area contributed by atoms with Crippen molar-refractivity contribution in [1.29, 1.82) is 5.26 Å². The van der Waals surface area contributed by atoms with E-state index in [-0.39, 0.29) is 36.3 Å². The van der Waals surface area contributed by atoms with E-state index in [9.17, 15) is 9.59 Å². The first-order chi connectivity index (χ1) is 24.3. The van der Waals surface area contributed by atoms with Crippen LogP contribution in [0.3, 0.4) is 0 Å². The van der Waals surface area contributed by atoms with Crippen LogP contribution in [-0.4, -0.2) is 49.2 Å². The number of rotatable bonds is 14. The summed E-state index contributed by atoms with van der Waals surface area (Å²) >= 11 is 6.51. The molecule has 0 fully saturated rings. The molecule has 50 heavy (non-hydrogen) atoms. The lowest BCUT2D eigenvalue weighted by Crippen LogP contribution is -2.34. The van der Waals surface area contributed by atoms with Crippen LogP contribution in [-0.2, 0) is 22.7 Å². The van der Waals surface area contributed by atoms with E-state index in [4.69, 9.17) is 35.8 Å². The van der Waals surface area contributed by atoms with Crippen molar-refractivity contribution in [2.24, 2.45) is 0 Å². The first kappa shape index (κ1) is 35.7. The first-order valence-electron chi connectivity index (χ1n) is 15.6. The number of methoxy groups -OCH3 is 2. The standard InChI is InChI=1S/C39H35ClN4O6/c1-24-29(23-50-37-15-36(30(21-45)14-34(37)40)49-22-27-13-26(16-41)17-42-18-27)7-5-9-32(24)33-10-6-8-31(25(33)2)28-11-12-35(43-19-28)39(46)44-20-38(47-3)48-4/h5-15,17-19,21,38H,20,22-23H2,1-4H3,(H,44,46). The number of pyridine rings is 2. The molecule has 10 nitrogen and oxygen atoms in total. The van der Waals surface area contributed by atoms with Gasteiger partial charge in [-0.15, -0.1) is 0 Å². The number of hydrogen-bond donors (Lipinski definition) is 1. The number of halogens is 1. The van der Waals surface area contributed by atoms with Gasteiger partial charge in [0.15, 0.2) is 12.6 Å².